The monoisotopic (exact) mass is 286 g/mol. The van der Waals surface area contributed by atoms with Crippen LogP contribution in [0.5, 0.6) is 5.75 Å². The van der Waals surface area contributed by atoms with Crippen molar-refractivity contribution in [2.75, 3.05) is 13.2 Å². The maximum atomic E-state index is 14.0. The lowest BCUT2D eigenvalue weighted by Crippen LogP contribution is -2.11. The van der Waals surface area contributed by atoms with Crippen molar-refractivity contribution in [3.8, 4) is 11.8 Å². The minimum absolute atomic E-state index is 0.371. The molecular formula is C17H19FN2O. The van der Waals surface area contributed by atoms with Gasteiger partial charge in [-0.05, 0) is 37.5 Å². The summed E-state index contributed by atoms with van der Waals surface area (Å²) in [6.45, 7) is 0.766. The van der Waals surface area contributed by atoms with Gasteiger partial charge in [-0.25, -0.2) is 4.39 Å². The fourth-order valence-electron chi connectivity index (χ4n) is 2.34. The molecule has 0 amide bonds. The number of ether oxygens (including phenoxy) is 1. The highest BCUT2D eigenvalue weighted by atomic mass is 19.1. The highest BCUT2D eigenvalue weighted by Gasteiger charge is 2.18. The smallest absolute Gasteiger partial charge is 0.128 e. The van der Waals surface area contributed by atoms with Crippen molar-refractivity contribution in [3.63, 3.8) is 0 Å². The largest absolute Gasteiger partial charge is 0.492 e. The SMILES string of the molecule is N#CC(CC1=CCCC=C1)c1cc(OCCN)ccc1F. The molecule has 1 aromatic rings. The highest BCUT2D eigenvalue weighted by molar-refractivity contribution is 5.37. The van der Waals surface area contributed by atoms with Crippen LogP contribution in [-0.4, -0.2) is 13.2 Å². The first kappa shape index (κ1) is 15.3. The molecule has 4 heteroatoms. The maximum Gasteiger partial charge on any atom is 0.128 e. The number of nitrogens with zero attached hydrogens (tertiary/aromatic N) is 1. The zero-order valence-electron chi connectivity index (χ0n) is 11.9. The van der Waals surface area contributed by atoms with Crippen molar-refractivity contribution in [3.05, 3.63) is 53.4 Å². The minimum atomic E-state index is -0.513. The van der Waals surface area contributed by atoms with Gasteiger partial charge in [-0.3, -0.25) is 0 Å². The van der Waals surface area contributed by atoms with Crippen LogP contribution in [0, 0.1) is 17.1 Å². The van der Waals surface area contributed by atoms with Crippen molar-refractivity contribution < 1.29 is 9.13 Å². The Kier molecular flexibility index (Phi) is 5.53. The second-order valence-electron chi connectivity index (χ2n) is 4.97. The van der Waals surface area contributed by atoms with Gasteiger partial charge in [0.05, 0.1) is 12.0 Å². The molecule has 21 heavy (non-hydrogen) atoms. The van der Waals surface area contributed by atoms with E-state index >= 15 is 0 Å². The van der Waals surface area contributed by atoms with E-state index in [0.29, 0.717) is 30.9 Å². The fraction of sp³-hybridized carbons (Fsp3) is 0.353. The molecule has 0 saturated heterocycles. The summed E-state index contributed by atoms with van der Waals surface area (Å²) < 4.78 is 19.4. The predicted octanol–water partition coefficient (Wildman–Crippen LogP) is 3.44. The van der Waals surface area contributed by atoms with Crippen LogP contribution in [0.1, 0.15) is 30.7 Å². The van der Waals surface area contributed by atoms with E-state index in [-0.39, 0.29) is 5.82 Å². The molecule has 2 rings (SSSR count). The first-order valence-electron chi connectivity index (χ1n) is 7.12. The molecular weight excluding hydrogens is 267 g/mol. The topological polar surface area (TPSA) is 59.0 Å². The van der Waals surface area contributed by atoms with Crippen LogP contribution in [0.3, 0.4) is 0 Å². The van der Waals surface area contributed by atoms with E-state index in [1.165, 1.54) is 6.07 Å². The number of nitrogens with two attached hydrogens (primary N) is 1. The molecule has 0 radical (unpaired) electrons. The molecule has 1 unspecified atom stereocenters. The maximum absolute atomic E-state index is 14.0. The van der Waals surface area contributed by atoms with Gasteiger partial charge in [-0.1, -0.05) is 23.8 Å². The van der Waals surface area contributed by atoms with Crippen molar-refractivity contribution >= 4 is 0 Å². The van der Waals surface area contributed by atoms with E-state index in [4.69, 9.17) is 10.5 Å². The number of allylic oxidation sites excluding steroid dienone is 4. The molecule has 0 bridgehead atoms. The summed E-state index contributed by atoms with van der Waals surface area (Å²) in [5.74, 6) is -0.340. The molecule has 0 fully saturated rings. The second kappa shape index (κ2) is 7.61. The third kappa shape index (κ3) is 4.17. The normalized spacial score (nSPS) is 15.2. The van der Waals surface area contributed by atoms with E-state index < -0.39 is 5.92 Å². The molecule has 2 N–H and O–H groups in total. The summed E-state index contributed by atoms with van der Waals surface area (Å²) in [6, 6.07) is 6.70. The van der Waals surface area contributed by atoms with E-state index in [1.807, 2.05) is 6.08 Å². The molecule has 3 nitrogen and oxygen atoms in total. The first-order chi connectivity index (χ1) is 10.2. The Labute approximate surface area is 124 Å². The molecule has 1 atom stereocenters. The van der Waals surface area contributed by atoms with Gasteiger partial charge in [0, 0.05) is 12.1 Å². The first-order valence-corrected chi connectivity index (χ1v) is 7.12. The second-order valence-corrected chi connectivity index (χ2v) is 4.97. The summed E-state index contributed by atoms with van der Waals surface area (Å²) in [7, 11) is 0. The Bertz CT molecular complexity index is 587. The minimum Gasteiger partial charge on any atom is -0.492 e. The Morgan fingerprint density at radius 2 is 2.24 bits per heavy atom. The lowest BCUT2D eigenvalue weighted by molar-refractivity contribution is 0.327. The zero-order chi connectivity index (χ0) is 15.1. The molecule has 0 saturated carbocycles. The summed E-state index contributed by atoms with van der Waals surface area (Å²) in [5, 5.41) is 9.37. The van der Waals surface area contributed by atoms with E-state index in [9.17, 15) is 9.65 Å². The van der Waals surface area contributed by atoms with Gasteiger partial charge in [0.2, 0.25) is 0 Å². The Morgan fingerprint density at radius 3 is 2.90 bits per heavy atom. The molecule has 1 aliphatic carbocycles. The number of hydrogen-bond donors (Lipinski definition) is 1. The van der Waals surface area contributed by atoms with Crippen LogP contribution in [0.25, 0.3) is 0 Å². The van der Waals surface area contributed by atoms with E-state index in [1.54, 1.807) is 12.1 Å². The van der Waals surface area contributed by atoms with Crippen LogP contribution in [0.15, 0.2) is 42.0 Å². The van der Waals surface area contributed by atoms with Gasteiger partial charge in [0.25, 0.3) is 0 Å². The fourth-order valence-corrected chi connectivity index (χ4v) is 2.34. The quantitative estimate of drug-likeness (QED) is 0.871. The van der Waals surface area contributed by atoms with Gasteiger partial charge in [-0.2, -0.15) is 5.26 Å². The number of halogens is 1. The third-order valence-electron chi connectivity index (χ3n) is 3.40. The average molecular weight is 286 g/mol. The molecule has 0 heterocycles. The van der Waals surface area contributed by atoms with Gasteiger partial charge in [-0.15, -0.1) is 0 Å². The van der Waals surface area contributed by atoms with Gasteiger partial charge < -0.3 is 10.5 Å². The van der Waals surface area contributed by atoms with Gasteiger partial charge >= 0.3 is 0 Å². The van der Waals surface area contributed by atoms with Crippen LogP contribution in [-0.2, 0) is 0 Å². The van der Waals surface area contributed by atoms with Crippen LogP contribution in [0.2, 0.25) is 0 Å². The molecule has 0 spiro atoms. The zero-order valence-corrected chi connectivity index (χ0v) is 11.9. The summed E-state index contributed by atoms with van der Waals surface area (Å²) in [4.78, 5) is 0. The van der Waals surface area contributed by atoms with Crippen LogP contribution in [0.4, 0.5) is 4.39 Å². The summed E-state index contributed by atoms with van der Waals surface area (Å²) in [5.41, 5.74) is 6.85. The van der Waals surface area contributed by atoms with Gasteiger partial charge in [0.15, 0.2) is 0 Å². The van der Waals surface area contributed by atoms with Gasteiger partial charge in [0.1, 0.15) is 18.2 Å². The molecule has 0 aliphatic heterocycles. The summed E-state index contributed by atoms with van der Waals surface area (Å²) in [6.07, 6.45) is 8.73. The Balaban J connectivity index is 2.18. The summed E-state index contributed by atoms with van der Waals surface area (Å²) >= 11 is 0. The van der Waals surface area contributed by atoms with Crippen LogP contribution >= 0.6 is 0 Å². The molecule has 110 valence electrons. The lowest BCUT2D eigenvalue weighted by Gasteiger charge is -2.14. The van der Waals surface area contributed by atoms with E-state index in [2.05, 4.69) is 18.2 Å². The lowest BCUT2D eigenvalue weighted by atomic mass is 9.90. The standard InChI is InChI=1S/C17H19FN2O/c18-17-7-6-15(21-9-8-19)11-16(17)14(12-20)10-13-4-2-1-3-5-13/h2,4-7,11,14H,1,3,8-10,19H2. The molecule has 1 aromatic carbocycles. The van der Waals surface area contributed by atoms with E-state index in [0.717, 1.165) is 18.4 Å². The number of benzene rings is 1. The van der Waals surface area contributed by atoms with Crippen molar-refractivity contribution in [1.29, 1.82) is 5.26 Å². The Morgan fingerprint density at radius 1 is 1.38 bits per heavy atom. The number of nitriles is 1. The number of rotatable bonds is 6. The van der Waals surface area contributed by atoms with Crippen molar-refractivity contribution in [2.45, 2.75) is 25.2 Å². The number of hydrogen-bond acceptors (Lipinski definition) is 3. The highest BCUT2D eigenvalue weighted by Crippen LogP contribution is 2.30. The predicted molar refractivity (Wildman–Crippen MR) is 80.4 cm³/mol. The van der Waals surface area contributed by atoms with Crippen molar-refractivity contribution in [1.82, 2.24) is 0 Å². The Hall–Kier alpha value is -2.12. The third-order valence-corrected chi connectivity index (χ3v) is 3.40. The molecule has 0 aromatic heterocycles. The average Bonchev–Trinajstić information content (AvgIpc) is 2.53. The van der Waals surface area contributed by atoms with Crippen molar-refractivity contribution in [2.24, 2.45) is 5.73 Å². The van der Waals surface area contributed by atoms with Crippen LogP contribution < -0.4 is 10.5 Å². The molecule has 1 aliphatic rings.